The van der Waals surface area contributed by atoms with Crippen LogP contribution in [0.4, 0.5) is 0 Å². The van der Waals surface area contributed by atoms with Crippen molar-refractivity contribution in [2.45, 2.75) is 19.3 Å². The van der Waals surface area contributed by atoms with Crippen molar-refractivity contribution < 1.29 is 21.1 Å². The molecule has 0 radical (unpaired) electrons. The van der Waals surface area contributed by atoms with Crippen molar-refractivity contribution in [1.82, 2.24) is 0 Å². The number of rotatable bonds is 0. The Morgan fingerprint density at radius 3 is 1.00 bits per heavy atom. The molecule has 1 saturated carbocycles. The van der Waals surface area contributed by atoms with Crippen LogP contribution >= 0.6 is 0 Å². The summed E-state index contributed by atoms with van der Waals surface area (Å²) in [5, 5.41) is 0. The van der Waals surface area contributed by atoms with Crippen molar-refractivity contribution in [3.8, 4) is 0 Å². The molecule has 0 bridgehead atoms. The average molecular weight is 237 g/mol. The Hall–Kier alpha value is 0.688. The molecule has 0 amide bonds. The maximum atomic E-state index is 1.50. The molecule has 0 aromatic carbocycles. The van der Waals surface area contributed by atoms with Gasteiger partial charge in [0.05, 0.1) is 0 Å². The summed E-state index contributed by atoms with van der Waals surface area (Å²) in [5.41, 5.74) is 0. The zero-order chi connectivity index (χ0) is 2.12. The molecule has 1 aliphatic carbocycles. The van der Waals surface area contributed by atoms with Gasteiger partial charge in [0.2, 0.25) is 0 Å². The van der Waals surface area contributed by atoms with Gasteiger partial charge in [-0.25, -0.2) is 0 Å². The number of hydrogen-bond acceptors (Lipinski definition) is 0. The normalized spacial score (nSPS) is 18.0. The molecule has 4 heavy (non-hydrogen) atoms. The smallest absolute Gasteiger partial charge is 0 e. The summed E-state index contributed by atoms with van der Waals surface area (Å²) >= 11 is 0. The molecule has 0 saturated heterocycles. The first-order valence-electron chi connectivity index (χ1n) is 1.50. The van der Waals surface area contributed by atoms with E-state index in [-0.39, 0.29) is 21.1 Å². The van der Waals surface area contributed by atoms with Gasteiger partial charge in [-0.15, -0.1) is 0 Å². The van der Waals surface area contributed by atoms with E-state index >= 15 is 0 Å². The van der Waals surface area contributed by atoms with E-state index in [1.54, 1.807) is 0 Å². The summed E-state index contributed by atoms with van der Waals surface area (Å²) in [6.07, 6.45) is 4.50. The zero-order valence-corrected chi connectivity index (χ0v) is 4.71. The molecule has 0 spiro atoms. The van der Waals surface area contributed by atoms with Gasteiger partial charge in [0, 0.05) is 21.1 Å². The molecule has 0 N–H and O–H groups in total. The third-order valence-corrected chi connectivity index (χ3v) is 0.354. The molecule has 0 nitrogen and oxygen atoms in total. The molecule has 0 aromatic heterocycles. The molecule has 1 fully saturated rings. The summed E-state index contributed by atoms with van der Waals surface area (Å²) < 4.78 is 0. The minimum atomic E-state index is 0. The van der Waals surface area contributed by atoms with Crippen LogP contribution in [0.15, 0.2) is 0 Å². The fraction of sp³-hybridized carbons (Fsp3) is 1.00. The Labute approximate surface area is 40.9 Å². The number of hydrogen-bond donors (Lipinski definition) is 0. The van der Waals surface area contributed by atoms with Crippen LogP contribution in [0.25, 0.3) is 0 Å². The standard InChI is InChI=1S/C3H6.Pt/c1-2-3-1;/h1-3H2;. The first-order valence-corrected chi connectivity index (χ1v) is 1.50. The van der Waals surface area contributed by atoms with Crippen LogP contribution < -0.4 is 0 Å². The van der Waals surface area contributed by atoms with E-state index in [4.69, 9.17) is 0 Å². The molecule has 1 heteroatoms. The molecular weight excluding hydrogens is 231 g/mol. The van der Waals surface area contributed by atoms with Crippen molar-refractivity contribution in [2.24, 2.45) is 0 Å². The summed E-state index contributed by atoms with van der Waals surface area (Å²) in [6, 6.07) is 0. The summed E-state index contributed by atoms with van der Waals surface area (Å²) in [5.74, 6) is 0. The van der Waals surface area contributed by atoms with Gasteiger partial charge in [-0.2, -0.15) is 0 Å². The second-order valence-corrected chi connectivity index (χ2v) is 1.06. The maximum absolute atomic E-state index is 1.50. The molecule has 1 aliphatic rings. The molecule has 1 rings (SSSR count). The quantitative estimate of drug-likeness (QED) is 0.593. The van der Waals surface area contributed by atoms with E-state index in [1.165, 1.54) is 19.3 Å². The van der Waals surface area contributed by atoms with E-state index in [9.17, 15) is 0 Å². The Morgan fingerprint density at radius 1 is 0.750 bits per heavy atom. The maximum Gasteiger partial charge on any atom is 0 e. The zero-order valence-electron chi connectivity index (χ0n) is 2.44. The largest absolute Gasteiger partial charge is 0.0533 e. The molecule has 0 aliphatic heterocycles. The first kappa shape index (κ1) is 4.69. The summed E-state index contributed by atoms with van der Waals surface area (Å²) in [7, 11) is 0. The van der Waals surface area contributed by atoms with Crippen LogP contribution in [-0.2, 0) is 21.1 Å². The monoisotopic (exact) mass is 237 g/mol. The third-order valence-electron chi connectivity index (χ3n) is 0.354. The van der Waals surface area contributed by atoms with Gasteiger partial charge < -0.3 is 0 Å². The van der Waals surface area contributed by atoms with Gasteiger partial charge in [-0.1, -0.05) is 19.3 Å². The minimum Gasteiger partial charge on any atom is -0.0533 e. The van der Waals surface area contributed by atoms with Crippen LogP contribution in [0, 0.1) is 0 Å². The van der Waals surface area contributed by atoms with Gasteiger partial charge in [0.15, 0.2) is 0 Å². The van der Waals surface area contributed by atoms with Crippen molar-refractivity contribution >= 4 is 0 Å². The van der Waals surface area contributed by atoms with E-state index < -0.39 is 0 Å². The predicted molar refractivity (Wildman–Crippen MR) is 13.9 cm³/mol. The second kappa shape index (κ2) is 1.96. The molecule has 0 heterocycles. The summed E-state index contributed by atoms with van der Waals surface area (Å²) in [6.45, 7) is 0. The second-order valence-electron chi connectivity index (χ2n) is 1.06. The van der Waals surface area contributed by atoms with E-state index in [1.807, 2.05) is 0 Å². The van der Waals surface area contributed by atoms with E-state index in [0.717, 1.165) is 0 Å². The topological polar surface area (TPSA) is 0 Å². The molecule has 0 aromatic rings. The van der Waals surface area contributed by atoms with Crippen LogP contribution in [0.2, 0.25) is 0 Å². The van der Waals surface area contributed by atoms with Gasteiger partial charge in [-0.3, -0.25) is 0 Å². The van der Waals surface area contributed by atoms with Crippen molar-refractivity contribution in [3.63, 3.8) is 0 Å². The fourth-order valence-corrected chi connectivity index (χ4v) is 0. The van der Waals surface area contributed by atoms with Crippen LogP contribution in [0.3, 0.4) is 0 Å². The van der Waals surface area contributed by atoms with Gasteiger partial charge in [0.1, 0.15) is 0 Å². The molecule has 0 unspecified atom stereocenters. The third kappa shape index (κ3) is 2.69. The average Bonchev–Trinajstić information content (AvgIpc) is 1.46. The Morgan fingerprint density at radius 2 is 1.00 bits per heavy atom. The van der Waals surface area contributed by atoms with Gasteiger partial charge in [-0.05, 0) is 0 Å². The summed E-state index contributed by atoms with van der Waals surface area (Å²) in [4.78, 5) is 0. The Balaban J connectivity index is 0.0000000900. The molecule has 0 atom stereocenters. The molecule has 28 valence electrons. The molecular formula is C3H6Pt. The predicted octanol–water partition coefficient (Wildman–Crippen LogP) is 1.17. The van der Waals surface area contributed by atoms with Gasteiger partial charge in [0.25, 0.3) is 0 Å². The van der Waals surface area contributed by atoms with Crippen molar-refractivity contribution in [2.75, 3.05) is 0 Å². The van der Waals surface area contributed by atoms with E-state index in [2.05, 4.69) is 0 Å². The van der Waals surface area contributed by atoms with E-state index in [0.29, 0.717) is 0 Å². The Kier molecular flexibility index (Phi) is 2.30. The van der Waals surface area contributed by atoms with Crippen LogP contribution in [-0.4, -0.2) is 0 Å². The van der Waals surface area contributed by atoms with Crippen molar-refractivity contribution in [1.29, 1.82) is 0 Å². The van der Waals surface area contributed by atoms with Crippen LogP contribution in [0.1, 0.15) is 19.3 Å². The van der Waals surface area contributed by atoms with Crippen molar-refractivity contribution in [3.05, 3.63) is 0 Å². The fourth-order valence-electron chi connectivity index (χ4n) is 0. The van der Waals surface area contributed by atoms with Gasteiger partial charge >= 0.3 is 0 Å². The van der Waals surface area contributed by atoms with Crippen LogP contribution in [0.5, 0.6) is 0 Å². The minimum absolute atomic E-state index is 0. The SMILES string of the molecule is C1CC1.[Pt]. The Bertz CT molecular complexity index is 8.00. The first-order chi connectivity index (χ1) is 1.50.